The van der Waals surface area contributed by atoms with Gasteiger partial charge in [-0.3, -0.25) is 4.79 Å². The molecule has 18 heavy (non-hydrogen) atoms. The molecule has 5 nitrogen and oxygen atoms in total. The smallest absolute Gasteiger partial charge is 0.273 e. The fraction of sp³-hybridized carbons (Fsp3) is 0.231. The van der Waals surface area contributed by atoms with E-state index in [1.54, 1.807) is 0 Å². The van der Waals surface area contributed by atoms with Crippen LogP contribution in [0, 0.1) is 0 Å². The topological polar surface area (TPSA) is 75.4 Å². The highest BCUT2D eigenvalue weighted by Gasteiger charge is 2.12. The molecule has 2 N–H and O–H groups in total. The number of aliphatic hydroxyl groups excluding tert-OH is 1. The molecule has 94 valence electrons. The van der Waals surface area contributed by atoms with Crippen LogP contribution in [0.25, 0.3) is 11.5 Å². The van der Waals surface area contributed by atoms with E-state index in [1.807, 2.05) is 30.3 Å². The molecule has 2 rings (SSSR count). The maximum atomic E-state index is 11.6. The van der Waals surface area contributed by atoms with Crippen LogP contribution in [0.15, 0.2) is 41.0 Å². The average molecular weight is 246 g/mol. The number of nitrogens with zero attached hydrogens (tertiary/aromatic N) is 1. The molecule has 0 bridgehead atoms. The lowest BCUT2D eigenvalue weighted by Crippen LogP contribution is -2.25. The Labute approximate surface area is 104 Å². The predicted molar refractivity (Wildman–Crippen MR) is 66.0 cm³/mol. The number of oxazole rings is 1. The van der Waals surface area contributed by atoms with Gasteiger partial charge in [0.05, 0.1) is 0 Å². The maximum absolute atomic E-state index is 11.6. The molecule has 1 aromatic carbocycles. The number of amides is 1. The van der Waals surface area contributed by atoms with Gasteiger partial charge in [0, 0.05) is 18.7 Å². The summed E-state index contributed by atoms with van der Waals surface area (Å²) in [6.07, 6.45) is 1.85. The molecule has 0 saturated carbocycles. The second-order valence-electron chi connectivity index (χ2n) is 3.74. The summed E-state index contributed by atoms with van der Waals surface area (Å²) in [6.45, 7) is 0.469. The highest BCUT2D eigenvalue weighted by molar-refractivity contribution is 5.92. The van der Waals surface area contributed by atoms with Gasteiger partial charge in [-0.05, 0) is 18.6 Å². The zero-order valence-corrected chi connectivity index (χ0v) is 9.80. The molecule has 0 aliphatic carbocycles. The number of rotatable bonds is 5. The molecule has 0 aliphatic rings. The minimum Gasteiger partial charge on any atom is -0.444 e. The summed E-state index contributed by atoms with van der Waals surface area (Å²) in [5, 5.41) is 11.3. The first-order valence-electron chi connectivity index (χ1n) is 5.71. The van der Waals surface area contributed by atoms with E-state index >= 15 is 0 Å². The van der Waals surface area contributed by atoms with Crippen LogP contribution in [0.2, 0.25) is 0 Å². The second-order valence-corrected chi connectivity index (χ2v) is 3.74. The van der Waals surface area contributed by atoms with Crippen molar-refractivity contribution in [1.29, 1.82) is 0 Å². The summed E-state index contributed by atoms with van der Waals surface area (Å²) < 4.78 is 5.26. The third-order valence-corrected chi connectivity index (χ3v) is 2.38. The van der Waals surface area contributed by atoms with Crippen molar-refractivity contribution in [3.63, 3.8) is 0 Å². The van der Waals surface area contributed by atoms with Gasteiger partial charge in [0.2, 0.25) is 5.89 Å². The van der Waals surface area contributed by atoms with Crippen molar-refractivity contribution < 1.29 is 14.3 Å². The molecule has 1 amide bonds. The molecular formula is C13H14N2O3. The van der Waals surface area contributed by atoms with Crippen LogP contribution < -0.4 is 5.32 Å². The van der Waals surface area contributed by atoms with E-state index in [4.69, 9.17) is 9.52 Å². The van der Waals surface area contributed by atoms with Gasteiger partial charge >= 0.3 is 0 Å². The van der Waals surface area contributed by atoms with Crippen LogP contribution in [-0.4, -0.2) is 29.1 Å². The largest absolute Gasteiger partial charge is 0.444 e. The third-order valence-electron chi connectivity index (χ3n) is 2.38. The van der Waals surface area contributed by atoms with Crippen molar-refractivity contribution in [1.82, 2.24) is 10.3 Å². The summed E-state index contributed by atoms with van der Waals surface area (Å²) in [7, 11) is 0. The summed E-state index contributed by atoms with van der Waals surface area (Å²) in [5.74, 6) is 0.122. The minimum atomic E-state index is -0.297. The molecule has 0 saturated heterocycles. The van der Waals surface area contributed by atoms with Gasteiger partial charge in [-0.15, -0.1) is 0 Å². The van der Waals surface area contributed by atoms with Crippen LogP contribution in [0.1, 0.15) is 16.9 Å². The van der Waals surface area contributed by atoms with Crippen LogP contribution in [0.5, 0.6) is 0 Å². The molecule has 1 aromatic heterocycles. The number of nitrogens with one attached hydrogen (secondary N) is 1. The van der Waals surface area contributed by atoms with E-state index in [-0.39, 0.29) is 18.2 Å². The Morgan fingerprint density at radius 1 is 1.33 bits per heavy atom. The lowest BCUT2D eigenvalue weighted by molar-refractivity contribution is 0.0946. The quantitative estimate of drug-likeness (QED) is 0.783. The van der Waals surface area contributed by atoms with Gasteiger partial charge in [-0.2, -0.15) is 0 Å². The Bertz CT molecular complexity index is 508. The van der Waals surface area contributed by atoms with Crippen molar-refractivity contribution in [3.05, 3.63) is 42.3 Å². The number of carbonyl (C=O) groups is 1. The average Bonchev–Trinajstić information content (AvgIpc) is 2.89. The lowest BCUT2D eigenvalue weighted by Gasteiger charge is -1.99. The molecule has 0 unspecified atom stereocenters. The summed E-state index contributed by atoms with van der Waals surface area (Å²) in [5.41, 5.74) is 1.07. The number of aliphatic hydroxyl groups is 1. The number of aromatic nitrogens is 1. The monoisotopic (exact) mass is 246 g/mol. The van der Waals surface area contributed by atoms with Crippen molar-refractivity contribution in [2.45, 2.75) is 6.42 Å². The highest BCUT2D eigenvalue weighted by Crippen LogP contribution is 2.17. The number of hydrogen-bond donors (Lipinski definition) is 2. The number of hydrogen-bond acceptors (Lipinski definition) is 4. The molecule has 0 spiro atoms. The Morgan fingerprint density at radius 3 is 2.83 bits per heavy atom. The standard InChI is InChI=1S/C13H14N2O3/c16-8-4-7-14-12(17)11-9-18-13(15-11)10-5-2-1-3-6-10/h1-3,5-6,9,16H,4,7-8H2,(H,14,17). The molecule has 0 fully saturated rings. The summed E-state index contributed by atoms with van der Waals surface area (Å²) in [4.78, 5) is 15.8. The van der Waals surface area contributed by atoms with Gasteiger partial charge in [-0.25, -0.2) is 4.98 Å². The lowest BCUT2D eigenvalue weighted by atomic mass is 10.2. The predicted octanol–water partition coefficient (Wildman–Crippen LogP) is 1.45. The van der Waals surface area contributed by atoms with Crippen molar-refractivity contribution in [3.8, 4) is 11.5 Å². The van der Waals surface area contributed by atoms with Crippen LogP contribution in [0.4, 0.5) is 0 Å². The summed E-state index contributed by atoms with van der Waals surface area (Å²) >= 11 is 0. The van der Waals surface area contributed by atoms with Crippen LogP contribution >= 0.6 is 0 Å². The number of benzene rings is 1. The van der Waals surface area contributed by atoms with Crippen LogP contribution in [-0.2, 0) is 0 Å². The third kappa shape index (κ3) is 2.95. The van der Waals surface area contributed by atoms with E-state index < -0.39 is 0 Å². The Morgan fingerprint density at radius 2 is 2.11 bits per heavy atom. The van der Waals surface area contributed by atoms with E-state index in [1.165, 1.54) is 6.26 Å². The molecule has 5 heteroatoms. The maximum Gasteiger partial charge on any atom is 0.273 e. The molecule has 1 heterocycles. The second kappa shape index (κ2) is 5.97. The molecule has 0 atom stereocenters. The van der Waals surface area contributed by atoms with E-state index in [2.05, 4.69) is 10.3 Å². The molecular weight excluding hydrogens is 232 g/mol. The van der Waals surface area contributed by atoms with Gasteiger partial charge in [0.1, 0.15) is 6.26 Å². The zero-order valence-electron chi connectivity index (χ0n) is 9.80. The first-order chi connectivity index (χ1) is 8.81. The molecule has 2 aromatic rings. The fourth-order valence-electron chi connectivity index (χ4n) is 1.46. The van der Waals surface area contributed by atoms with Gasteiger partial charge in [0.25, 0.3) is 5.91 Å². The Kier molecular flexibility index (Phi) is 4.09. The Hall–Kier alpha value is -2.14. The minimum absolute atomic E-state index is 0.0500. The fourth-order valence-corrected chi connectivity index (χ4v) is 1.46. The zero-order chi connectivity index (χ0) is 12.8. The van der Waals surface area contributed by atoms with Crippen molar-refractivity contribution >= 4 is 5.91 Å². The number of carbonyl (C=O) groups excluding carboxylic acids is 1. The van der Waals surface area contributed by atoms with E-state index in [0.717, 1.165) is 5.56 Å². The highest BCUT2D eigenvalue weighted by atomic mass is 16.3. The first kappa shape index (κ1) is 12.3. The van der Waals surface area contributed by atoms with Gasteiger partial charge in [0.15, 0.2) is 5.69 Å². The summed E-state index contributed by atoms with van der Waals surface area (Å²) in [6, 6.07) is 9.37. The van der Waals surface area contributed by atoms with Crippen molar-refractivity contribution in [2.75, 3.05) is 13.2 Å². The molecule has 0 radical (unpaired) electrons. The SMILES string of the molecule is O=C(NCCCO)c1coc(-c2ccccc2)n1. The molecule has 0 aliphatic heterocycles. The first-order valence-corrected chi connectivity index (χ1v) is 5.71. The Balaban J connectivity index is 2.04. The van der Waals surface area contributed by atoms with E-state index in [0.29, 0.717) is 18.9 Å². The normalized spacial score (nSPS) is 10.3. The van der Waals surface area contributed by atoms with Crippen LogP contribution in [0.3, 0.4) is 0 Å². The van der Waals surface area contributed by atoms with E-state index in [9.17, 15) is 4.79 Å². The van der Waals surface area contributed by atoms with Gasteiger partial charge in [-0.1, -0.05) is 18.2 Å². The van der Waals surface area contributed by atoms with Gasteiger partial charge < -0.3 is 14.8 Å². The van der Waals surface area contributed by atoms with Crippen molar-refractivity contribution in [2.24, 2.45) is 0 Å².